The van der Waals surface area contributed by atoms with E-state index in [-0.39, 0.29) is 17.9 Å². The first-order valence-corrected chi connectivity index (χ1v) is 6.14. The van der Waals surface area contributed by atoms with Gasteiger partial charge in [-0.15, -0.1) is 0 Å². The van der Waals surface area contributed by atoms with Crippen molar-refractivity contribution in [3.8, 4) is 0 Å². The van der Waals surface area contributed by atoms with Gasteiger partial charge in [0.15, 0.2) is 0 Å². The molecule has 0 aromatic carbocycles. The highest BCUT2D eigenvalue weighted by atomic mass is 16.4. The summed E-state index contributed by atoms with van der Waals surface area (Å²) in [7, 11) is 0. The maximum atomic E-state index is 11.0. The molecule has 2 aromatic heterocycles. The van der Waals surface area contributed by atoms with Gasteiger partial charge in [0.05, 0.1) is 17.6 Å². The second-order valence-electron chi connectivity index (χ2n) is 5.09. The Hall–Kier alpha value is -1.91. The molecule has 0 spiro atoms. The second-order valence-corrected chi connectivity index (χ2v) is 5.09. The zero-order chi connectivity index (χ0) is 12.9. The van der Waals surface area contributed by atoms with Crippen LogP contribution in [-0.4, -0.2) is 25.6 Å². The van der Waals surface area contributed by atoms with E-state index in [4.69, 9.17) is 5.11 Å². The standard InChI is InChI=1S/C13H15N3O2/c1-7(2)16-11-3-4-14-6-10(11)15-12(16)8-5-9(8)13(17)18/h3-4,6-9H,5H2,1-2H3,(H,17,18). The zero-order valence-corrected chi connectivity index (χ0v) is 10.4. The van der Waals surface area contributed by atoms with Crippen LogP contribution in [0.5, 0.6) is 0 Å². The summed E-state index contributed by atoms with van der Waals surface area (Å²) < 4.78 is 2.13. The van der Waals surface area contributed by atoms with Crippen LogP contribution in [0.2, 0.25) is 0 Å². The molecule has 5 nitrogen and oxygen atoms in total. The van der Waals surface area contributed by atoms with Gasteiger partial charge in [-0.05, 0) is 26.3 Å². The lowest BCUT2D eigenvalue weighted by atomic mass is 10.2. The van der Waals surface area contributed by atoms with Gasteiger partial charge < -0.3 is 9.67 Å². The number of hydrogen-bond donors (Lipinski definition) is 1. The Labute approximate surface area is 104 Å². The summed E-state index contributed by atoms with van der Waals surface area (Å²) in [6.45, 7) is 4.17. The van der Waals surface area contributed by atoms with Gasteiger partial charge in [-0.25, -0.2) is 4.98 Å². The molecule has 1 fully saturated rings. The Morgan fingerprint density at radius 3 is 2.94 bits per heavy atom. The second kappa shape index (κ2) is 3.80. The van der Waals surface area contributed by atoms with Crippen LogP contribution in [0, 0.1) is 5.92 Å². The van der Waals surface area contributed by atoms with Crippen LogP contribution >= 0.6 is 0 Å². The third-order valence-electron chi connectivity index (χ3n) is 3.47. The number of rotatable bonds is 3. The van der Waals surface area contributed by atoms with Crippen molar-refractivity contribution in [3.63, 3.8) is 0 Å². The quantitative estimate of drug-likeness (QED) is 0.900. The lowest BCUT2D eigenvalue weighted by molar-refractivity contribution is -0.138. The molecule has 1 saturated carbocycles. The smallest absolute Gasteiger partial charge is 0.307 e. The van der Waals surface area contributed by atoms with Gasteiger partial charge >= 0.3 is 5.97 Å². The van der Waals surface area contributed by atoms with Crippen LogP contribution in [0.4, 0.5) is 0 Å². The SMILES string of the molecule is CC(C)n1c(C2CC2C(=O)O)nc2cnccc21. The van der Waals surface area contributed by atoms with Crippen LogP contribution in [0.25, 0.3) is 11.0 Å². The summed E-state index contributed by atoms with van der Waals surface area (Å²) in [5, 5.41) is 9.04. The van der Waals surface area contributed by atoms with E-state index in [1.54, 1.807) is 12.4 Å². The summed E-state index contributed by atoms with van der Waals surface area (Å²) in [6, 6.07) is 2.20. The normalized spacial score (nSPS) is 22.6. The predicted octanol–water partition coefficient (Wildman–Crippen LogP) is 2.20. The van der Waals surface area contributed by atoms with Crippen molar-refractivity contribution < 1.29 is 9.90 Å². The van der Waals surface area contributed by atoms with Crippen LogP contribution < -0.4 is 0 Å². The number of imidazole rings is 1. The van der Waals surface area contributed by atoms with Crippen molar-refractivity contribution in [2.75, 3.05) is 0 Å². The molecule has 5 heteroatoms. The van der Waals surface area contributed by atoms with E-state index in [1.165, 1.54) is 0 Å². The number of hydrogen-bond acceptors (Lipinski definition) is 3. The molecular weight excluding hydrogens is 230 g/mol. The van der Waals surface area contributed by atoms with E-state index in [9.17, 15) is 4.79 Å². The van der Waals surface area contributed by atoms with E-state index in [1.807, 2.05) is 6.07 Å². The summed E-state index contributed by atoms with van der Waals surface area (Å²) in [5.74, 6) is -0.0505. The van der Waals surface area contributed by atoms with Crippen molar-refractivity contribution in [2.45, 2.75) is 32.2 Å². The molecule has 0 aliphatic heterocycles. The number of nitrogens with zero attached hydrogens (tertiary/aromatic N) is 3. The van der Waals surface area contributed by atoms with Crippen molar-refractivity contribution in [1.29, 1.82) is 0 Å². The first-order chi connectivity index (χ1) is 8.59. The number of carboxylic acid groups (broad SMARTS) is 1. The van der Waals surface area contributed by atoms with E-state index < -0.39 is 5.97 Å². The zero-order valence-electron chi connectivity index (χ0n) is 10.4. The summed E-state index contributed by atoms with van der Waals surface area (Å²) >= 11 is 0. The Bertz CT molecular complexity index is 618. The van der Waals surface area contributed by atoms with Gasteiger partial charge in [0.25, 0.3) is 0 Å². The highest BCUT2D eigenvalue weighted by Gasteiger charge is 2.47. The van der Waals surface area contributed by atoms with E-state index in [2.05, 4.69) is 28.4 Å². The van der Waals surface area contributed by atoms with Crippen molar-refractivity contribution in [3.05, 3.63) is 24.3 Å². The minimum absolute atomic E-state index is 0.0531. The van der Waals surface area contributed by atoms with Crippen LogP contribution in [0.1, 0.15) is 38.1 Å². The predicted molar refractivity (Wildman–Crippen MR) is 66.4 cm³/mol. The molecule has 1 N–H and O–H groups in total. The highest BCUT2D eigenvalue weighted by molar-refractivity contribution is 5.78. The van der Waals surface area contributed by atoms with E-state index in [0.29, 0.717) is 6.42 Å². The van der Waals surface area contributed by atoms with Crippen molar-refractivity contribution >= 4 is 17.0 Å². The third-order valence-corrected chi connectivity index (χ3v) is 3.47. The Kier molecular flexibility index (Phi) is 2.36. The molecule has 3 rings (SSSR count). The number of carbonyl (C=O) groups is 1. The molecule has 2 heterocycles. The van der Waals surface area contributed by atoms with E-state index in [0.717, 1.165) is 16.9 Å². The Balaban J connectivity index is 2.12. The molecule has 2 atom stereocenters. The monoisotopic (exact) mass is 245 g/mol. The molecule has 1 aliphatic carbocycles. The number of aromatic nitrogens is 3. The van der Waals surface area contributed by atoms with Crippen molar-refractivity contribution in [1.82, 2.24) is 14.5 Å². The van der Waals surface area contributed by atoms with Crippen LogP contribution in [-0.2, 0) is 4.79 Å². The van der Waals surface area contributed by atoms with Gasteiger partial charge in [0, 0.05) is 18.2 Å². The number of pyridine rings is 1. The number of aliphatic carboxylic acids is 1. The number of fused-ring (bicyclic) bond motifs is 1. The van der Waals surface area contributed by atoms with Gasteiger partial charge in [-0.2, -0.15) is 0 Å². The van der Waals surface area contributed by atoms with E-state index >= 15 is 0 Å². The fraction of sp³-hybridized carbons (Fsp3) is 0.462. The molecular formula is C13H15N3O2. The maximum Gasteiger partial charge on any atom is 0.307 e. The van der Waals surface area contributed by atoms with Crippen LogP contribution in [0.3, 0.4) is 0 Å². The minimum Gasteiger partial charge on any atom is -0.481 e. The average molecular weight is 245 g/mol. The maximum absolute atomic E-state index is 11.0. The van der Waals surface area contributed by atoms with Crippen molar-refractivity contribution in [2.24, 2.45) is 5.92 Å². The lowest BCUT2D eigenvalue weighted by Gasteiger charge is -2.12. The largest absolute Gasteiger partial charge is 0.481 e. The molecule has 0 bridgehead atoms. The van der Waals surface area contributed by atoms with Gasteiger partial charge in [-0.1, -0.05) is 0 Å². The molecule has 94 valence electrons. The summed E-state index contributed by atoms with van der Waals surface area (Å²) in [6.07, 6.45) is 4.17. The minimum atomic E-state index is -0.722. The Morgan fingerprint density at radius 2 is 2.33 bits per heavy atom. The fourth-order valence-corrected chi connectivity index (χ4v) is 2.53. The molecule has 0 radical (unpaired) electrons. The highest BCUT2D eigenvalue weighted by Crippen LogP contribution is 2.48. The molecule has 2 aromatic rings. The summed E-state index contributed by atoms with van der Waals surface area (Å²) in [5.41, 5.74) is 1.88. The average Bonchev–Trinajstić information content (AvgIpc) is 3.02. The topological polar surface area (TPSA) is 68.0 Å². The molecule has 18 heavy (non-hydrogen) atoms. The third kappa shape index (κ3) is 1.58. The van der Waals surface area contributed by atoms with Crippen LogP contribution in [0.15, 0.2) is 18.5 Å². The summed E-state index contributed by atoms with van der Waals surface area (Å²) in [4.78, 5) is 19.6. The fourth-order valence-electron chi connectivity index (χ4n) is 2.53. The van der Waals surface area contributed by atoms with Gasteiger partial charge in [0.1, 0.15) is 11.3 Å². The molecule has 2 unspecified atom stereocenters. The first kappa shape index (κ1) is 11.2. The first-order valence-electron chi connectivity index (χ1n) is 6.14. The molecule has 0 amide bonds. The lowest BCUT2D eigenvalue weighted by Crippen LogP contribution is -2.08. The van der Waals surface area contributed by atoms with Gasteiger partial charge in [0.2, 0.25) is 0 Å². The molecule has 1 aliphatic rings. The molecule has 0 saturated heterocycles. The number of carboxylic acids is 1. The Morgan fingerprint density at radius 1 is 1.56 bits per heavy atom. The van der Waals surface area contributed by atoms with Gasteiger partial charge in [-0.3, -0.25) is 9.78 Å².